The lowest BCUT2D eigenvalue weighted by molar-refractivity contribution is 0.468. The molecule has 0 saturated heterocycles. The van der Waals surface area contributed by atoms with Crippen molar-refractivity contribution in [2.24, 2.45) is 0 Å². The van der Waals surface area contributed by atoms with Crippen LogP contribution in [0.25, 0.3) is 0 Å². The van der Waals surface area contributed by atoms with Crippen LogP contribution in [-0.2, 0) is 6.54 Å². The predicted molar refractivity (Wildman–Crippen MR) is 108 cm³/mol. The first-order chi connectivity index (χ1) is 13.0. The molecule has 0 heterocycles. The summed E-state index contributed by atoms with van der Waals surface area (Å²) < 4.78 is 27.5. The summed E-state index contributed by atoms with van der Waals surface area (Å²) in [5, 5.41) is 13.0. The van der Waals surface area contributed by atoms with Crippen LogP contribution in [0.2, 0.25) is 5.02 Å². The summed E-state index contributed by atoms with van der Waals surface area (Å²) in [6.45, 7) is 0.176. The highest BCUT2D eigenvalue weighted by Gasteiger charge is 2.17. The number of aromatic hydroxyl groups is 1. The number of nitrogens with one attached hydrogen (secondary N) is 1. The van der Waals surface area contributed by atoms with E-state index in [0.717, 1.165) is 0 Å². The van der Waals surface area contributed by atoms with Gasteiger partial charge in [-0.3, -0.25) is 0 Å². The Morgan fingerprint density at radius 2 is 1.70 bits per heavy atom. The molecule has 7 heteroatoms. The summed E-state index contributed by atoms with van der Waals surface area (Å²) in [7, 11) is 0. The summed E-state index contributed by atoms with van der Waals surface area (Å²) in [5.74, 6) is -0.931. The Kier molecular flexibility index (Phi) is 5.88. The van der Waals surface area contributed by atoms with E-state index in [0.29, 0.717) is 11.3 Å². The molecule has 3 rings (SSSR count). The molecule has 0 unspecified atom stereocenters. The van der Waals surface area contributed by atoms with Gasteiger partial charge in [-0.25, -0.2) is 8.78 Å². The van der Waals surface area contributed by atoms with Gasteiger partial charge < -0.3 is 15.3 Å². The van der Waals surface area contributed by atoms with Gasteiger partial charge >= 0.3 is 0 Å². The molecule has 0 amide bonds. The standard InChI is InChI=1S/C20H15ClF2N2OS/c21-15-11-14(9-10-16(15)22)25(12-13-5-1-4-8-19(13)26)20(27)24-18-7-3-2-6-17(18)23/h1-11,26H,12H2,(H,24,27). The van der Waals surface area contributed by atoms with Gasteiger partial charge in [-0.1, -0.05) is 41.9 Å². The van der Waals surface area contributed by atoms with E-state index in [-0.39, 0.29) is 28.1 Å². The highest BCUT2D eigenvalue weighted by atomic mass is 35.5. The van der Waals surface area contributed by atoms with Crippen LogP contribution in [0.1, 0.15) is 5.56 Å². The maximum absolute atomic E-state index is 14.0. The molecule has 0 saturated carbocycles. The summed E-state index contributed by atoms with van der Waals surface area (Å²) in [4.78, 5) is 1.60. The Morgan fingerprint density at radius 1 is 1.00 bits per heavy atom. The van der Waals surface area contributed by atoms with E-state index in [1.54, 1.807) is 47.4 Å². The maximum atomic E-state index is 14.0. The second-order valence-corrected chi connectivity index (χ2v) is 6.52. The molecule has 0 aromatic heterocycles. The average Bonchev–Trinajstić information content (AvgIpc) is 2.65. The van der Waals surface area contributed by atoms with Crippen molar-refractivity contribution in [3.05, 3.63) is 89.0 Å². The van der Waals surface area contributed by atoms with Crippen molar-refractivity contribution in [2.75, 3.05) is 10.2 Å². The number of thiocarbonyl (C=S) groups is 1. The normalized spacial score (nSPS) is 10.5. The van der Waals surface area contributed by atoms with Gasteiger partial charge in [0.15, 0.2) is 5.11 Å². The first kappa shape index (κ1) is 19.1. The lowest BCUT2D eigenvalue weighted by atomic mass is 10.1. The van der Waals surface area contributed by atoms with Crippen LogP contribution in [0.15, 0.2) is 66.7 Å². The van der Waals surface area contributed by atoms with E-state index in [9.17, 15) is 13.9 Å². The molecule has 3 aromatic rings. The van der Waals surface area contributed by atoms with Crippen molar-refractivity contribution in [3.8, 4) is 5.75 Å². The third kappa shape index (κ3) is 4.53. The quantitative estimate of drug-likeness (QED) is 0.544. The fourth-order valence-electron chi connectivity index (χ4n) is 2.49. The van der Waals surface area contributed by atoms with Crippen LogP contribution in [-0.4, -0.2) is 10.2 Å². The van der Waals surface area contributed by atoms with Gasteiger partial charge in [-0.05, 0) is 48.6 Å². The molecule has 0 bridgehead atoms. The molecule has 0 fully saturated rings. The SMILES string of the molecule is Oc1ccccc1CN(C(=S)Nc1ccccc1F)c1ccc(F)c(Cl)c1. The van der Waals surface area contributed by atoms with E-state index in [1.165, 1.54) is 24.3 Å². The Hall–Kier alpha value is -2.70. The Bertz CT molecular complexity index is 984. The lowest BCUT2D eigenvalue weighted by Gasteiger charge is -2.27. The predicted octanol–water partition coefficient (Wildman–Crippen LogP) is 5.73. The van der Waals surface area contributed by atoms with Crippen molar-refractivity contribution >= 4 is 40.3 Å². The smallest absolute Gasteiger partial charge is 0.178 e. The van der Waals surface area contributed by atoms with Gasteiger partial charge in [0, 0.05) is 11.3 Å². The van der Waals surface area contributed by atoms with E-state index in [1.807, 2.05) is 0 Å². The van der Waals surface area contributed by atoms with Crippen molar-refractivity contribution in [1.82, 2.24) is 0 Å². The number of anilines is 2. The molecule has 0 radical (unpaired) electrons. The molecule has 0 aliphatic carbocycles. The summed E-state index contributed by atoms with van der Waals surface area (Å²) in [5.41, 5.74) is 1.30. The molecule has 27 heavy (non-hydrogen) atoms. The molecule has 138 valence electrons. The zero-order valence-corrected chi connectivity index (χ0v) is 15.6. The minimum atomic E-state index is -0.559. The molecule has 0 aliphatic rings. The number of benzene rings is 3. The zero-order valence-electron chi connectivity index (χ0n) is 14.0. The molecule has 2 N–H and O–H groups in total. The van der Waals surface area contributed by atoms with Crippen LogP contribution in [0, 0.1) is 11.6 Å². The molecule has 3 nitrogen and oxygen atoms in total. The van der Waals surface area contributed by atoms with Gasteiger partial charge in [0.25, 0.3) is 0 Å². The fraction of sp³-hybridized carbons (Fsp3) is 0.0500. The number of rotatable bonds is 4. The van der Waals surface area contributed by atoms with Gasteiger partial charge in [0.1, 0.15) is 17.4 Å². The average molecular weight is 405 g/mol. The van der Waals surface area contributed by atoms with E-state index >= 15 is 0 Å². The Balaban J connectivity index is 1.96. The summed E-state index contributed by atoms with van der Waals surface area (Å²) in [6, 6.07) is 17.0. The zero-order chi connectivity index (χ0) is 19.4. The first-order valence-corrected chi connectivity index (χ1v) is 8.79. The van der Waals surface area contributed by atoms with Crippen LogP contribution in [0.3, 0.4) is 0 Å². The lowest BCUT2D eigenvalue weighted by Crippen LogP contribution is -2.34. The van der Waals surface area contributed by atoms with Crippen molar-refractivity contribution in [1.29, 1.82) is 0 Å². The van der Waals surface area contributed by atoms with Crippen LogP contribution >= 0.6 is 23.8 Å². The topological polar surface area (TPSA) is 35.5 Å². The number of halogens is 3. The third-order valence-electron chi connectivity index (χ3n) is 3.90. The number of hydrogen-bond acceptors (Lipinski definition) is 2. The number of nitrogens with zero attached hydrogens (tertiary/aromatic N) is 1. The van der Waals surface area contributed by atoms with Crippen LogP contribution < -0.4 is 10.2 Å². The van der Waals surface area contributed by atoms with Crippen LogP contribution in [0.4, 0.5) is 20.2 Å². The second kappa shape index (κ2) is 8.33. The van der Waals surface area contributed by atoms with Gasteiger partial charge in [-0.2, -0.15) is 0 Å². The third-order valence-corrected chi connectivity index (χ3v) is 4.51. The summed E-state index contributed by atoms with van der Waals surface area (Å²) in [6.07, 6.45) is 0. The van der Waals surface area contributed by atoms with E-state index < -0.39 is 11.6 Å². The van der Waals surface area contributed by atoms with Gasteiger partial charge in [0.05, 0.1) is 17.3 Å². The number of hydrogen-bond donors (Lipinski definition) is 2. The van der Waals surface area contributed by atoms with Crippen LogP contribution in [0.5, 0.6) is 5.75 Å². The van der Waals surface area contributed by atoms with Crippen molar-refractivity contribution < 1.29 is 13.9 Å². The first-order valence-electron chi connectivity index (χ1n) is 8.00. The number of para-hydroxylation sites is 2. The van der Waals surface area contributed by atoms with Crippen molar-refractivity contribution in [2.45, 2.75) is 6.54 Å². The highest BCUT2D eigenvalue weighted by Crippen LogP contribution is 2.27. The number of phenolic OH excluding ortho intramolecular Hbond substituents is 1. The second-order valence-electron chi connectivity index (χ2n) is 5.72. The minimum absolute atomic E-state index is 0.0662. The molecule has 0 atom stereocenters. The van der Waals surface area contributed by atoms with E-state index in [4.69, 9.17) is 23.8 Å². The van der Waals surface area contributed by atoms with Crippen molar-refractivity contribution in [3.63, 3.8) is 0 Å². The number of phenols is 1. The van der Waals surface area contributed by atoms with Gasteiger partial charge in [-0.15, -0.1) is 0 Å². The fourth-order valence-corrected chi connectivity index (χ4v) is 2.95. The highest BCUT2D eigenvalue weighted by molar-refractivity contribution is 7.80. The molecular weight excluding hydrogens is 390 g/mol. The molecule has 3 aromatic carbocycles. The largest absolute Gasteiger partial charge is 0.508 e. The van der Waals surface area contributed by atoms with E-state index in [2.05, 4.69) is 5.32 Å². The molecule has 0 aliphatic heterocycles. The Morgan fingerprint density at radius 3 is 2.41 bits per heavy atom. The molecule has 0 spiro atoms. The molecular formula is C20H15ClF2N2OS. The summed E-state index contributed by atoms with van der Waals surface area (Å²) >= 11 is 11.4. The Labute approximate surface area is 165 Å². The maximum Gasteiger partial charge on any atom is 0.178 e. The van der Waals surface area contributed by atoms with Gasteiger partial charge in [0.2, 0.25) is 0 Å². The minimum Gasteiger partial charge on any atom is -0.508 e. The monoisotopic (exact) mass is 404 g/mol.